The number of para-hydroxylation sites is 1. The number of carbonyl (C=O) groups excluding carboxylic acids is 2. The molecule has 9 nitrogen and oxygen atoms in total. The van der Waals surface area contributed by atoms with Gasteiger partial charge in [-0.1, -0.05) is 24.3 Å². The predicted molar refractivity (Wildman–Crippen MR) is 113 cm³/mol. The number of primary amides is 1. The molecular formula is C22H26N4O5. The Morgan fingerprint density at radius 1 is 1.16 bits per heavy atom. The lowest BCUT2D eigenvalue weighted by molar-refractivity contribution is -0.121. The van der Waals surface area contributed by atoms with Gasteiger partial charge in [-0.15, -0.1) is 0 Å². The van der Waals surface area contributed by atoms with Crippen molar-refractivity contribution in [2.75, 3.05) is 19.8 Å². The lowest BCUT2D eigenvalue weighted by Gasteiger charge is -2.19. The van der Waals surface area contributed by atoms with E-state index < -0.39 is 12.0 Å². The van der Waals surface area contributed by atoms with Crippen LogP contribution in [0.15, 0.2) is 48.5 Å². The molecule has 2 rings (SSSR count). The zero-order valence-corrected chi connectivity index (χ0v) is 17.2. The maximum absolute atomic E-state index is 12.2. The van der Waals surface area contributed by atoms with Crippen LogP contribution in [0.1, 0.15) is 18.1 Å². The Bertz CT molecular complexity index is 911. The summed E-state index contributed by atoms with van der Waals surface area (Å²) in [4.78, 5) is 22.9. The van der Waals surface area contributed by atoms with E-state index in [-0.39, 0.29) is 38.3 Å². The summed E-state index contributed by atoms with van der Waals surface area (Å²) in [6.45, 7) is 1.76. The van der Waals surface area contributed by atoms with E-state index in [2.05, 4.69) is 10.6 Å². The van der Waals surface area contributed by atoms with E-state index in [1.165, 1.54) is 0 Å². The van der Waals surface area contributed by atoms with Crippen molar-refractivity contribution in [3.05, 3.63) is 59.7 Å². The summed E-state index contributed by atoms with van der Waals surface area (Å²) >= 11 is 0. The van der Waals surface area contributed by atoms with Gasteiger partial charge in [0.25, 0.3) is 5.91 Å². The van der Waals surface area contributed by atoms with Crippen molar-refractivity contribution in [2.24, 2.45) is 5.73 Å². The monoisotopic (exact) mass is 426 g/mol. The minimum Gasteiger partial charge on any atom is -0.489 e. The molecule has 2 atom stereocenters. The van der Waals surface area contributed by atoms with Gasteiger partial charge in [-0.3, -0.25) is 14.9 Å². The quantitative estimate of drug-likeness (QED) is 0.361. The fourth-order valence-corrected chi connectivity index (χ4v) is 2.63. The van der Waals surface area contributed by atoms with Gasteiger partial charge in [0.2, 0.25) is 5.91 Å². The van der Waals surface area contributed by atoms with Crippen LogP contribution < -0.4 is 25.8 Å². The standard InChI is InChI=1S/C22H26N4O5/c1-15(25-12-18(27)13-31-20-5-3-2-4-17(20)11-23)26-22(29)10-16-6-8-19(9-7-16)30-14-21(24)28/h2-9,15,18,25,27H,10,12-14H2,1H3,(H2,24,28)(H,26,29). The molecule has 0 heterocycles. The largest absolute Gasteiger partial charge is 0.489 e. The van der Waals surface area contributed by atoms with Gasteiger partial charge in [0.05, 0.1) is 18.2 Å². The molecule has 0 fully saturated rings. The number of ether oxygens (including phenoxy) is 2. The number of nitrogens with two attached hydrogens (primary N) is 1. The highest BCUT2D eigenvalue weighted by Gasteiger charge is 2.12. The van der Waals surface area contributed by atoms with Crippen LogP contribution in [0.3, 0.4) is 0 Å². The molecule has 0 spiro atoms. The minimum atomic E-state index is -0.820. The lowest BCUT2D eigenvalue weighted by Crippen LogP contribution is -2.47. The Morgan fingerprint density at radius 3 is 2.55 bits per heavy atom. The molecule has 0 aliphatic rings. The van der Waals surface area contributed by atoms with Crippen LogP contribution in [0.5, 0.6) is 11.5 Å². The van der Waals surface area contributed by atoms with Gasteiger partial charge < -0.3 is 25.6 Å². The Balaban J connectivity index is 1.69. The molecule has 2 unspecified atom stereocenters. The van der Waals surface area contributed by atoms with Crippen molar-refractivity contribution >= 4 is 11.8 Å². The first-order chi connectivity index (χ1) is 14.9. The second-order valence-electron chi connectivity index (χ2n) is 6.85. The van der Waals surface area contributed by atoms with Gasteiger partial charge >= 0.3 is 0 Å². The van der Waals surface area contributed by atoms with E-state index in [0.717, 1.165) is 5.56 Å². The molecule has 164 valence electrons. The summed E-state index contributed by atoms with van der Waals surface area (Å²) in [7, 11) is 0. The Labute approximate surface area is 180 Å². The van der Waals surface area contributed by atoms with Crippen molar-refractivity contribution < 1.29 is 24.2 Å². The third-order valence-corrected chi connectivity index (χ3v) is 4.15. The number of benzene rings is 2. The van der Waals surface area contributed by atoms with Crippen molar-refractivity contribution in [3.8, 4) is 17.6 Å². The molecule has 0 aliphatic carbocycles. The maximum Gasteiger partial charge on any atom is 0.255 e. The molecule has 0 saturated carbocycles. The zero-order valence-electron chi connectivity index (χ0n) is 17.2. The molecule has 2 aromatic rings. The first kappa shape index (κ1) is 23.7. The van der Waals surface area contributed by atoms with E-state index >= 15 is 0 Å². The average Bonchev–Trinajstić information content (AvgIpc) is 2.75. The number of aliphatic hydroxyl groups is 1. The second kappa shape index (κ2) is 12.2. The van der Waals surface area contributed by atoms with Gasteiger partial charge in [0, 0.05) is 6.54 Å². The summed E-state index contributed by atoms with van der Waals surface area (Å²) in [5, 5.41) is 24.9. The molecule has 0 saturated heterocycles. The number of hydrogen-bond acceptors (Lipinski definition) is 7. The van der Waals surface area contributed by atoms with Crippen molar-refractivity contribution in [1.29, 1.82) is 5.26 Å². The van der Waals surface area contributed by atoms with E-state index in [0.29, 0.717) is 17.1 Å². The first-order valence-electron chi connectivity index (χ1n) is 9.70. The smallest absolute Gasteiger partial charge is 0.255 e. The van der Waals surface area contributed by atoms with Crippen LogP contribution in [0, 0.1) is 11.3 Å². The van der Waals surface area contributed by atoms with Gasteiger partial charge in [-0.05, 0) is 36.8 Å². The molecule has 31 heavy (non-hydrogen) atoms. The van der Waals surface area contributed by atoms with Crippen LogP contribution in [0.25, 0.3) is 0 Å². The van der Waals surface area contributed by atoms with Gasteiger partial charge in [0.1, 0.15) is 30.3 Å². The van der Waals surface area contributed by atoms with Crippen molar-refractivity contribution in [2.45, 2.75) is 25.6 Å². The molecule has 0 aliphatic heterocycles. The van der Waals surface area contributed by atoms with Crippen LogP contribution in [-0.4, -0.2) is 48.9 Å². The number of nitriles is 1. The average molecular weight is 426 g/mol. The highest BCUT2D eigenvalue weighted by Crippen LogP contribution is 2.16. The number of aliphatic hydroxyl groups excluding tert-OH is 1. The topological polar surface area (TPSA) is 147 Å². The fraction of sp³-hybridized carbons (Fsp3) is 0.318. The van der Waals surface area contributed by atoms with E-state index in [1.54, 1.807) is 55.5 Å². The molecule has 9 heteroatoms. The Kier molecular flexibility index (Phi) is 9.29. The van der Waals surface area contributed by atoms with Crippen LogP contribution in [-0.2, 0) is 16.0 Å². The molecular weight excluding hydrogens is 400 g/mol. The second-order valence-corrected chi connectivity index (χ2v) is 6.85. The fourth-order valence-electron chi connectivity index (χ4n) is 2.63. The third-order valence-electron chi connectivity index (χ3n) is 4.15. The molecule has 2 amide bonds. The third kappa shape index (κ3) is 8.74. The molecule has 0 aromatic heterocycles. The van der Waals surface area contributed by atoms with Gasteiger partial charge in [-0.2, -0.15) is 5.26 Å². The first-order valence-corrected chi connectivity index (χ1v) is 9.70. The summed E-state index contributed by atoms with van der Waals surface area (Å²) in [6, 6.07) is 15.6. The van der Waals surface area contributed by atoms with E-state index in [4.69, 9.17) is 20.5 Å². The summed E-state index contributed by atoms with van der Waals surface area (Å²) in [5.74, 6) is 0.149. The van der Waals surface area contributed by atoms with E-state index in [1.807, 2.05) is 6.07 Å². The van der Waals surface area contributed by atoms with Crippen LogP contribution >= 0.6 is 0 Å². The predicted octanol–water partition coefficient (Wildman–Crippen LogP) is 0.457. The summed E-state index contributed by atoms with van der Waals surface area (Å²) in [6.07, 6.45) is -1.02. The van der Waals surface area contributed by atoms with Crippen molar-refractivity contribution in [3.63, 3.8) is 0 Å². The number of rotatable bonds is 12. The van der Waals surface area contributed by atoms with Crippen LogP contribution in [0.4, 0.5) is 0 Å². The Hall–Kier alpha value is -3.61. The number of nitrogens with one attached hydrogen (secondary N) is 2. The van der Waals surface area contributed by atoms with Gasteiger partial charge in [0.15, 0.2) is 6.61 Å². The molecule has 2 aromatic carbocycles. The Morgan fingerprint density at radius 2 is 1.87 bits per heavy atom. The summed E-state index contributed by atoms with van der Waals surface area (Å²) in [5.41, 5.74) is 6.20. The lowest BCUT2D eigenvalue weighted by atomic mass is 10.1. The molecule has 0 radical (unpaired) electrons. The summed E-state index contributed by atoms with van der Waals surface area (Å²) < 4.78 is 10.7. The minimum absolute atomic E-state index is 0.0104. The molecule has 0 bridgehead atoms. The number of carbonyl (C=O) groups is 2. The highest BCUT2D eigenvalue weighted by molar-refractivity contribution is 5.78. The number of nitrogens with zero attached hydrogens (tertiary/aromatic N) is 1. The number of amides is 2. The maximum atomic E-state index is 12.2. The SMILES string of the molecule is CC(NCC(O)COc1ccccc1C#N)NC(=O)Cc1ccc(OCC(N)=O)cc1. The molecule has 5 N–H and O–H groups in total. The van der Waals surface area contributed by atoms with E-state index in [9.17, 15) is 14.7 Å². The zero-order chi connectivity index (χ0) is 22.6. The van der Waals surface area contributed by atoms with Crippen LogP contribution in [0.2, 0.25) is 0 Å². The van der Waals surface area contributed by atoms with Gasteiger partial charge in [-0.25, -0.2) is 0 Å². The van der Waals surface area contributed by atoms with Crippen molar-refractivity contribution in [1.82, 2.24) is 10.6 Å². The highest BCUT2D eigenvalue weighted by atomic mass is 16.5. The normalized spacial score (nSPS) is 12.3. The number of hydrogen-bond donors (Lipinski definition) is 4.